The fraction of sp³-hybridized carbons (Fsp3) is 0.333. The molecule has 1 aromatic heterocycles. The molecule has 0 aliphatic carbocycles. The van der Waals surface area contributed by atoms with Crippen LogP contribution in [0.1, 0.15) is 5.69 Å². The first-order valence-corrected chi connectivity index (χ1v) is 3.75. The monoisotopic (exact) mass is 187 g/mol. The highest BCUT2D eigenvalue weighted by Crippen LogP contribution is 1.97. The van der Waals surface area contributed by atoms with Gasteiger partial charge in [0.2, 0.25) is 0 Å². The fourth-order valence-electron chi connectivity index (χ4n) is 0.805. The molecule has 0 aromatic carbocycles. The molecule has 1 heterocycles. The van der Waals surface area contributed by atoms with Gasteiger partial charge in [0.15, 0.2) is 4.77 Å². The molecule has 66 valence electrons. The van der Waals surface area contributed by atoms with Gasteiger partial charge in [-0.2, -0.15) is 0 Å². The lowest BCUT2D eigenvalue weighted by atomic mass is 10.2. The van der Waals surface area contributed by atoms with Gasteiger partial charge in [-0.05, 0) is 12.2 Å². The maximum Gasteiger partial charge on any atom is 0.320 e. The predicted octanol–water partition coefficient (Wildman–Crippen LogP) is 0.0267. The van der Waals surface area contributed by atoms with Gasteiger partial charge in [-0.3, -0.25) is 4.79 Å². The minimum Gasteiger partial charge on any atom is -0.480 e. The maximum atomic E-state index is 10.3. The zero-order valence-corrected chi connectivity index (χ0v) is 7.02. The summed E-state index contributed by atoms with van der Waals surface area (Å²) in [4.78, 5) is 15.8. The SMILES string of the molecule is N[C@H](Cc1c[nH]c(=S)[nH]1)C(=O)O. The van der Waals surface area contributed by atoms with E-state index in [-0.39, 0.29) is 6.42 Å². The molecule has 0 spiro atoms. The van der Waals surface area contributed by atoms with E-state index < -0.39 is 12.0 Å². The van der Waals surface area contributed by atoms with Gasteiger partial charge >= 0.3 is 5.97 Å². The van der Waals surface area contributed by atoms with Crippen LogP contribution in [0.5, 0.6) is 0 Å². The molecule has 5 N–H and O–H groups in total. The second kappa shape index (κ2) is 3.51. The smallest absolute Gasteiger partial charge is 0.320 e. The Morgan fingerprint density at radius 3 is 2.92 bits per heavy atom. The van der Waals surface area contributed by atoms with Gasteiger partial charge in [-0.25, -0.2) is 0 Å². The predicted molar refractivity (Wildman–Crippen MR) is 45.3 cm³/mol. The Kier molecular flexibility index (Phi) is 2.61. The van der Waals surface area contributed by atoms with Gasteiger partial charge in [0.05, 0.1) is 0 Å². The first kappa shape index (κ1) is 8.95. The Bertz CT molecular complexity index is 330. The van der Waals surface area contributed by atoms with Crippen molar-refractivity contribution in [2.45, 2.75) is 12.5 Å². The van der Waals surface area contributed by atoms with Crippen molar-refractivity contribution in [3.05, 3.63) is 16.7 Å². The highest BCUT2D eigenvalue weighted by Gasteiger charge is 2.12. The molecule has 0 amide bonds. The van der Waals surface area contributed by atoms with E-state index in [2.05, 4.69) is 9.97 Å². The number of aromatic nitrogens is 2. The lowest BCUT2D eigenvalue weighted by Gasteiger charge is -2.02. The van der Waals surface area contributed by atoms with Gasteiger partial charge in [0, 0.05) is 18.3 Å². The van der Waals surface area contributed by atoms with Gasteiger partial charge in [-0.1, -0.05) is 0 Å². The zero-order chi connectivity index (χ0) is 9.14. The molecule has 1 aromatic rings. The molecule has 0 aliphatic rings. The summed E-state index contributed by atoms with van der Waals surface area (Å²) in [7, 11) is 0. The highest BCUT2D eigenvalue weighted by molar-refractivity contribution is 7.71. The van der Waals surface area contributed by atoms with Crippen molar-refractivity contribution in [3.8, 4) is 0 Å². The normalized spacial score (nSPS) is 12.8. The Morgan fingerprint density at radius 2 is 2.50 bits per heavy atom. The lowest BCUT2D eigenvalue weighted by Crippen LogP contribution is -2.32. The van der Waals surface area contributed by atoms with Crippen LogP contribution in [0.3, 0.4) is 0 Å². The van der Waals surface area contributed by atoms with Crippen LogP contribution in [0.2, 0.25) is 0 Å². The van der Waals surface area contributed by atoms with E-state index in [0.29, 0.717) is 10.5 Å². The third-order valence-electron chi connectivity index (χ3n) is 1.41. The number of hydrogen-bond acceptors (Lipinski definition) is 3. The quantitative estimate of drug-likeness (QED) is 0.502. The average molecular weight is 187 g/mol. The number of aromatic amines is 2. The van der Waals surface area contributed by atoms with Crippen LogP contribution in [0, 0.1) is 4.77 Å². The lowest BCUT2D eigenvalue weighted by molar-refractivity contribution is -0.138. The van der Waals surface area contributed by atoms with Crippen molar-refractivity contribution in [1.29, 1.82) is 0 Å². The summed E-state index contributed by atoms with van der Waals surface area (Å²) < 4.78 is 0.475. The van der Waals surface area contributed by atoms with Crippen LogP contribution in [0.15, 0.2) is 6.20 Å². The van der Waals surface area contributed by atoms with E-state index in [4.69, 9.17) is 23.1 Å². The van der Waals surface area contributed by atoms with Crippen LogP contribution in [-0.4, -0.2) is 27.1 Å². The third kappa shape index (κ3) is 2.18. The molecule has 12 heavy (non-hydrogen) atoms. The van der Waals surface area contributed by atoms with E-state index in [1.807, 2.05) is 0 Å². The average Bonchev–Trinajstić information content (AvgIpc) is 2.35. The second-order valence-corrected chi connectivity index (χ2v) is 2.83. The number of rotatable bonds is 3. The number of aliphatic carboxylic acids is 1. The molecule has 0 bridgehead atoms. The Morgan fingerprint density at radius 1 is 1.83 bits per heavy atom. The second-order valence-electron chi connectivity index (χ2n) is 2.42. The third-order valence-corrected chi connectivity index (χ3v) is 1.63. The molecule has 6 heteroatoms. The summed E-state index contributed by atoms with van der Waals surface area (Å²) in [5.74, 6) is -1.02. The summed E-state index contributed by atoms with van der Waals surface area (Å²) in [5, 5.41) is 8.47. The summed E-state index contributed by atoms with van der Waals surface area (Å²) in [6.07, 6.45) is 1.87. The molecule has 0 fully saturated rings. The topological polar surface area (TPSA) is 94.9 Å². The summed E-state index contributed by atoms with van der Waals surface area (Å²) in [6.45, 7) is 0. The van der Waals surface area contributed by atoms with Gasteiger partial charge < -0.3 is 20.8 Å². The Hall–Kier alpha value is -1.14. The molecule has 0 saturated heterocycles. The van der Waals surface area contributed by atoms with E-state index in [9.17, 15) is 4.79 Å². The van der Waals surface area contributed by atoms with Crippen LogP contribution in [-0.2, 0) is 11.2 Å². The molecule has 0 unspecified atom stereocenters. The highest BCUT2D eigenvalue weighted by atomic mass is 32.1. The van der Waals surface area contributed by atoms with Crippen LogP contribution < -0.4 is 5.73 Å². The van der Waals surface area contributed by atoms with E-state index in [1.165, 1.54) is 0 Å². The molecule has 1 atom stereocenters. The maximum absolute atomic E-state index is 10.3. The number of nitrogens with two attached hydrogens (primary N) is 1. The van der Waals surface area contributed by atoms with Crippen LogP contribution in [0.25, 0.3) is 0 Å². The molecular weight excluding hydrogens is 178 g/mol. The molecule has 5 nitrogen and oxygen atoms in total. The summed E-state index contributed by atoms with van der Waals surface area (Å²) >= 11 is 4.75. The van der Waals surface area contributed by atoms with Crippen LogP contribution in [0.4, 0.5) is 0 Å². The number of carbonyl (C=O) groups is 1. The first-order valence-electron chi connectivity index (χ1n) is 3.34. The van der Waals surface area contributed by atoms with Crippen molar-refractivity contribution in [2.75, 3.05) is 0 Å². The number of hydrogen-bond donors (Lipinski definition) is 4. The van der Waals surface area contributed by atoms with Crippen molar-refractivity contribution in [3.63, 3.8) is 0 Å². The van der Waals surface area contributed by atoms with E-state index in [1.54, 1.807) is 6.20 Å². The van der Waals surface area contributed by atoms with Crippen LogP contribution >= 0.6 is 12.2 Å². The standard InChI is InChI=1S/C6H9N3O2S/c7-4(5(10)11)1-3-2-8-6(12)9-3/h2,4H,1,7H2,(H,10,11)(H2,8,9,12)/t4-/m1/s1. The van der Waals surface area contributed by atoms with Gasteiger partial charge in [0.25, 0.3) is 0 Å². The van der Waals surface area contributed by atoms with Crippen molar-refractivity contribution < 1.29 is 9.90 Å². The molecule has 1 rings (SSSR count). The molecule has 0 saturated carbocycles. The number of imidazole rings is 1. The molecule has 0 aliphatic heterocycles. The van der Waals surface area contributed by atoms with Crippen molar-refractivity contribution >= 4 is 18.2 Å². The van der Waals surface area contributed by atoms with Crippen molar-refractivity contribution in [2.24, 2.45) is 5.73 Å². The first-order chi connectivity index (χ1) is 5.59. The fourth-order valence-corrected chi connectivity index (χ4v) is 0.995. The Balaban J connectivity index is 2.64. The Labute approximate surface area is 73.6 Å². The number of carboxylic acids is 1. The van der Waals surface area contributed by atoms with E-state index >= 15 is 0 Å². The largest absolute Gasteiger partial charge is 0.480 e. The summed E-state index contributed by atoms with van der Waals surface area (Å²) in [5.41, 5.74) is 5.99. The minimum absolute atomic E-state index is 0.252. The zero-order valence-electron chi connectivity index (χ0n) is 6.20. The number of carboxylic acid groups (broad SMARTS) is 1. The number of H-pyrrole nitrogens is 2. The van der Waals surface area contributed by atoms with Gasteiger partial charge in [0.1, 0.15) is 6.04 Å². The molecule has 0 radical (unpaired) electrons. The van der Waals surface area contributed by atoms with Crippen molar-refractivity contribution in [1.82, 2.24) is 9.97 Å². The van der Waals surface area contributed by atoms with Gasteiger partial charge in [-0.15, -0.1) is 0 Å². The minimum atomic E-state index is -1.02. The summed E-state index contributed by atoms with van der Waals surface area (Å²) in [6, 6.07) is -0.883. The number of nitrogens with one attached hydrogen (secondary N) is 2. The van der Waals surface area contributed by atoms with E-state index in [0.717, 1.165) is 0 Å². The molecular formula is C6H9N3O2S.